The first-order valence-corrected chi connectivity index (χ1v) is 8.65. The van der Waals surface area contributed by atoms with Gasteiger partial charge in [-0.2, -0.15) is 14.0 Å². The average Bonchev–Trinajstić information content (AvgIpc) is 2.91. The molecule has 0 aromatic carbocycles. The number of rotatable bonds is 6. The lowest BCUT2D eigenvalue weighted by atomic mass is 10.1. The second-order valence-electron chi connectivity index (χ2n) is 5.19. The van der Waals surface area contributed by atoms with Crippen molar-refractivity contribution in [3.63, 3.8) is 0 Å². The number of aromatic nitrogens is 2. The normalized spacial score (nSPS) is 17.6. The summed E-state index contributed by atoms with van der Waals surface area (Å²) in [7, 11) is 2.14. The van der Waals surface area contributed by atoms with Crippen molar-refractivity contribution in [2.24, 2.45) is 5.92 Å². The number of hydrogen-bond acceptors (Lipinski definition) is 6. The summed E-state index contributed by atoms with van der Waals surface area (Å²) in [5.41, 5.74) is 2.38. The van der Waals surface area contributed by atoms with Crippen LogP contribution in [0.2, 0.25) is 0 Å². The molecule has 0 fully saturated rings. The molecule has 1 atom stereocenters. The van der Waals surface area contributed by atoms with Crippen LogP contribution < -0.4 is 0 Å². The van der Waals surface area contributed by atoms with E-state index in [-0.39, 0.29) is 5.92 Å². The predicted octanol–water partition coefficient (Wildman–Crippen LogP) is 3.29. The van der Waals surface area contributed by atoms with Gasteiger partial charge < -0.3 is 4.90 Å². The van der Waals surface area contributed by atoms with Crippen molar-refractivity contribution >= 4 is 29.1 Å². The molecule has 4 nitrogen and oxygen atoms in total. The smallest absolute Gasteiger partial charge is 0.138 e. The molecule has 0 spiro atoms. The predicted molar refractivity (Wildman–Crippen MR) is 84.7 cm³/mol. The van der Waals surface area contributed by atoms with E-state index in [0.717, 1.165) is 48.8 Å². The van der Waals surface area contributed by atoms with Gasteiger partial charge in [-0.15, -0.1) is 11.8 Å². The minimum absolute atomic E-state index is 0.151. The maximum atomic E-state index is 8.77. The quantitative estimate of drug-likeness (QED) is 0.596. The molecule has 1 aromatic heterocycles. The lowest BCUT2D eigenvalue weighted by Gasteiger charge is -2.22. The van der Waals surface area contributed by atoms with E-state index in [1.165, 1.54) is 17.3 Å². The Balaban J connectivity index is 1.89. The topological polar surface area (TPSA) is 52.8 Å². The Morgan fingerprint density at radius 3 is 3.15 bits per heavy atom. The number of nitriles is 1. The highest BCUT2D eigenvalue weighted by atomic mass is 32.2. The van der Waals surface area contributed by atoms with Gasteiger partial charge in [0.1, 0.15) is 10.7 Å². The van der Waals surface area contributed by atoms with Crippen molar-refractivity contribution in [3.8, 4) is 6.07 Å². The SMILES string of the molecule is CC(C#N)CCCSc1nsnc1C1=CCCN(C)C1. The van der Waals surface area contributed by atoms with E-state index in [2.05, 4.69) is 32.8 Å². The zero-order chi connectivity index (χ0) is 14.4. The van der Waals surface area contributed by atoms with E-state index in [9.17, 15) is 0 Å². The van der Waals surface area contributed by atoms with Crippen molar-refractivity contribution in [1.29, 1.82) is 5.26 Å². The Morgan fingerprint density at radius 1 is 1.55 bits per heavy atom. The van der Waals surface area contributed by atoms with Crippen molar-refractivity contribution in [2.75, 3.05) is 25.9 Å². The fourth-order valence-corrected chi connectivity index (χ4v) is 3.83. The van der Waals surface area contributed by atoms with Gasteiger partial charge in [0, 0.05) is 19.0 Å². The summed E-state index contributed by atoms with van der Waals surface area (Å²) in [6.45, 7) is 4.06. The van der Waals surface area contributed by atoms with Crippen LogP contribution in [-0.2, 0) is 0 Å². The molecule has 2 rings (SSSR count). The van der Waals surface area contributed by atoms with E-state index >= 15 is 0 Å². The fourth-order valence-electron chi connectivity index (χ4n) is 2.16. The molecule has 0 bridgehead atoms. The maximum absolute atomic E-state index is 8.77. The molecule has 1 aliphatic heterocycles. The molecule has 0 N–H and O–H groups in total. The summed E-state index contributed by atoms with van der Waals surface area (Å²) in [5.74, 6) is 1.16. The highest BCUT2D eigenvalue weighted by Gasteiger charge is 2.17. The van der Waals surface area contributed by atoms with Gasteiger partial charge in [-0.1, -0.05) is 6.08 Å². The first-order valence-electron chi connectivity index (χ1n) is 6.93. The highest BCUT2D eigenvalue weighted by Crippen LogP contribution is 2.29. The summed E-state index contributed by atoms with van der Waals surface area (Å²) in [4.78, 5) is 2.32. The lowest BCUT2D eigenvalue weighted by Crippen LogP contribution is -2.25. The Kier molecular flexibility index (Phi) is 6.02. The first kappa shape index (κ1) is 15.5. The van der Waals surface area contributed by atoms with Crippen LogP contribution in [0.25, 0.3) is 5.57 Å². The standard InChI is InChI=1S/C14H20N4S2/c1-11(9-15)5-4-8-19-14-13(16-20-17-14)12-6-3-7-18(2)10-12/h6,11H,3-5,7-8,10H2,1-2H3. The molecule has 0 aliphatic carbocycles. The number of likely N-dealkylation sites (N-methyl/N-ethyl adjacent to an activating group) is 1. The van der Waals surface area contributed by atoms with Crippen LogP contribution >= 0.6 is 23.5 Å². The molecule has 0 amide bonds. The summed E-state index contributed by atoms with van der Waals surface area (Å²) in [6, 6.07) is 2.28. The minimum atomic E-state index is 0.151. The molecule has 1 unspecified atom stereocenters. The van der Waals surface area contributed by atoms with Crippen LogP contribution in [0.4, 0.5) is 0 Å². The van der Waals surface area contributed by atoms with E-state index in [1.807, 2.05) is 6.92 Å². The molecule has 6 heteroatoms. The monoisotopic (exact) mass is 308 g/mol. The molecule has 20 heavy (non-hydrogen) atoms. The van der Waals surface area contributed by atoms with Crippen molar-refractivity contribution in [1.82, 2.24) is 13.6 Å². The third-order valence-corrected chi connectivity index (χ3v) is 5.04. The Bertz CT molecular complexity index is 504. The van der Waals surface area contributed by atoms with E-state index in [1.54, 1.807) is 11.8 Å². The van der Waals surface area contributed by atoms with Crippen LogP contribution in [0.1, 0.15) is 31.9 Å². The molecule has 0 saturated carbocycles. The van der Waals surface area contributed by atoms with Crippen molar-refractivity contribution < 1.29 is 0 Å². The van der Waals surface area contributed by atoms with Gasteiger partial charge in [-0.05, 0) is 44.6 Å². The second kappa shape index (κ2) is 7.77. The highest BCUT2D eigenvalue weighted by molar-refractivity contribution is 7.99. The summed E-state index contributed by atoms with van der Waals surface area (Å²) >= 11 is 3.07. The number of nitrogens with zero attached hydrogens (tertiary/aromatic N) is 4. The van der Waals surface area contributed by atoms with Gasteiger partial charge in [0.05, 0.1) is 17.8 Å². The third kappa shape index (κ3) is 4.30. The number of thioether (sulfide) groups is 1. The summed E-state index contributed by atoms with van der Waals surface area (Å²) in [5, 5.41) is 9.82. The summed E-state index contributed by atoms with van der Waals surface area (Å²) < 4.78 is 8.89. The molecule has 0 radical (unpaired) electrons. The Labute approximate surface area is 129 Å². The van der Waals surface area contributed by atoms with Crippen LogP contribution in [-0.4, -0.2) is 39.5 Å². The molecule has 1 aromatic rings. The largest absolute Gasteiger partial charge is 0.302 e. The van der Waals surface area contributed by atoms with Gasteiger partial charge in [-0.3, -0.25) is 0 Å². The molecule has 1 aliphatic rings. The van der Waals surface area contributed by atoms with E-state index in [4.69, 9.17) is 5.26 Å². The minimum Gasteiger partial charge on any atom is -0.302 e. The lowest BCUT2D eigenvalue weighted by molar-refractivity contribution is 0.372. The molecular formula is C14H20N4S2. The van der Waals surface area contributed by atoms with E-state index in [0.29, 0.717) is 0 Å². The van der Waals surface area contributed by atoms with Gasteiger partial charge >= 0.3 is 0 Å². The van der Waals surface area contributed by atoms with Crippen LogP contribution in [0.3, 0.4) is 0 Å². The van der Waals surface area contributed by atoms with Crippen molar-refractivity contribution in [2.45, 2.75) is 31.2 Å². The van der Waals surface area contributed by atoms with Gasteiger partial charge in [0.15, 0.2) is 0 Å². The van der Waals surface area contributed by atoms with E-state index < -0.39 is 0 Å². The van der Waals surface area contributed by atoms with Crippen LogP contribution in [0.5, 0.6) is 0 Å². The van der Waals surface area contributed by atoms with Crippen molar-refractivity contribution in [3.05, 3.63) is 11.8 Å². The maximum Gasteiger partial charge on any atom is 0.138 e. The van der Waals surface area contributed by atoms with Gasteiger partial charge in [0.2, 0.25) is 0 Å². The molecule has 0 saturated heterocycles. The second-order valence-corrected chi connectivity index (χ2v) is 6.81. The molecule has 2 heterocycles. The molecule has 108 valence electrons. The van der Waals surface area contributed by atoms with Crippen LogP contribution in [0, 0.1) is 17.2 Å². The average molecular weight is 308 g/mol. The third-order valence-electron chi connectivity index (χ3n) is 3.35. The zero-order valence-electron chi connectivity index (χ0n) is 12.0. The zero-order valence-corrected chi connectivity index (χ0v) is 13.6. The number of hydrogen-bond donors (Lipinski definition) is 0. The van der Waals surface area contributed by atoms with Gasteiger partial charge in [0.25, 0.3) is 0 Å². The first-order chi connectivity index (χ1) is 9.70. The Hall–Kier alpha value is -0.900. The summed E-state index contributed by atoms with van der Waals surface area (Å²) in [6.07, 6.45) is 5.39. The molecular weight excluding hydrogens is 288 g/mol. The fraction of sp³-hybridized carbons (Fsp3) is 0.643. The van der Waals surface area contributed by atoms with Gasteiger partial charge in [-0.25, -0.2) is 0 Å². The Morgan fingerprint density at radius 2 is 2.40 bits per heavy atom. The van der Waals surface area contributed by atoms with Crippen LogP contribution in [0.15, 0.2) is 11.1 Å².